The van der Waals surface area contributed by atoms with E-state index in [2.05, 4.69) is 0 Å². The fourth-order valence-electron chi connectivity index (χ4n) is 1.99. The molecule has 1 heterocycles. The quantitative estimate of drug-likeness (QED) is 0.448. The Bertz CT molecular complexity index is 349. The van der Waals surface area contributed by atoms with Crippen molar-refractivity contribution < 1.29 is 24.8 Å². The van der Waals surface area contributed by atoms with Gasteiger partial charge in [0.25, 0.3) is 0 Å². The predicted octanol–water partition coefficient (Wildman–Crippen LogP) is -1.73. The number of aliphatic carboxylic acids is 2. The molecule has 0 aromatic carbocycles. The van der Waals surface area contributed by atoms with Crippen molar-refractivity contribution >= 4 is 11.9 Å². The van der Waals surface area contributed by atoms with E-state index in [1.165, 1.54) is 0 Å². The van der Waals surface area contributed by atoms with E-state index in [-0.39, 0.29) is 39.3 Å². The molecular weight excluding hydrogens is 272 g/mol. The predicted molar refractivity (Wildman–Crippen MR) is 66.7 cm³/mol. The molecule has 0 radical (unpaired) electrons. The molecule has 20 heavy (non-hydrogen) atoms. The Kier molecular flexibility index (Phi) is 6.12. The molecular formula is C10H18N4O6. The monoisotopic (exact) mass is 290 g/mol. The summed E-state index contributed by atoms with van der Waals surface area (Å²) in [5, 5.41) is 28.9. The number of hydrogen-bond donors (Lipinski definition) is 2. The first-order valence-electron chi connectivity index (χ1n) is 6.16. The number of hydrazine groups is 1. The third-order valence-electron chi connectivity index (χ3n) is 3.03. The molecule has 10 nitrogen and oxygen atoms in total. The number of hydrogen-bond acceptors (Lipinski definition) is 6. The first kappa shape index (κ1) is 16.1. The van der Waals surface area contributed by atoms with E-state index in [4.69, 9.17) is 10.2 Å². The SMILES string of the molecule is O=C(O)CN1CCN(CC(=O)O)CCN([N+](=O)[O-])CC1. The first-order chi connectivity index (χ1) is 9.38. The Labute approximate surface area is 115 Å². The van der Waals surface area contributed by atoms with Gasteiger partial charge in [0.2, 0.25) is 0 Å². The van der Waals surface area contributed by atoms with Crippen LogP contribution in [0.2, 0.25) is 0 Å². The Balaban J connectivity index is 2.70. The topological polar surface area (TPSA) is 127 Å². The maximum Gasteiger partial charge on any atom is 0.317 e. The zero-order chi connectivity index (χ0) is 15.1. The van der Waals surface area contributed by atoms with Crippen molar-refractivity contribution in [1.29, 1.82) is 0 Å². The maximum absolute atomic E-state index is 10.9. The molecule has 1 saturated heterocycles. The van der Waals surface area contributed by atoms with E-state index < -0.39 is 17.0 Å². The van der Waals surface area contributed by atoms with Crippen molar-refractivity contribution in [2.75, 3.05) is 52.4 Å². The van der Waals surface area contributed by atoms with Gasteiger partial charge in [-0.25, -0.2) is 10.1 Å². The van der Waals surface area contributed by atoms with Crippen LogP contribution in [0.3, 0.4) is 0 Å². The third-order valence-corrected chi connectivity index (χ3v) is 3.03. The van der Waals surface area contributed by atoms with Crippen molar-refractivity contribution in [3.63, 3.8) is 0 Å². The molecule has 0 aromatic rings. The minimum absolute atomic E-state index is 0.112. The van der Waals surface area contributed by atoms with Gasteiger partial charge in [0, 0.05) is 26.2 Å². The third kappa shape index (κ3) is 5.80. The second-order valence-electron chi connectivity index (χ2n) is 4.53. The number of rotatable bonds is 5. The maximum atomic E-state index is 10.9. The average molecular weight is 290 g/mol. The van der Waals surface area contributed by atoms with Crippen LogP contribution in [0, 0.1) is 10.1 Å². The lowest BCUT2D eigenvalue weighted by molar-refractivity contribution is -0.655. The zero-order valence-corrected chi connectivity index (χ0v) is 11.0. The summed E-state index contributed by atoms with van der Waals surface area (Å²) >= 11 is 0. The van der Waals surface area contributed by atoms with Crippen molar-refractivity contribution in [2.45, 2.75) is 0 Å². The first-order valence-corrected chi connectivity index (χ1v) is 6.16. The highest BCUT2D eigenvalue weighted by molar-refractivity contribution is 5.69. The minimum atomic E-state index is -1.01. The van der Waals surface area contributed by atoms with Crippen LogP contribution in [0.4, 0.5) is 0 Å². The molecule has 0 unspecified atom stereocenters. The molecule has 0 aliphatic carbocycles. The van der Waals surface area contributed by atoms with Crippen LogP contribution in [0.1, 0.15) is 0 Å². The lowest BCUT2D eigenvalue weighted by Crippen LogP contribution is -2.40. The zero-order valence-electron chi connectivity index (χ0n) is 11.0. The highest BCUT2D eigenvalue weighted by atomic mass is 16.7. The highest BCUT2D eigenvalue weighted by Crippen LogP contribution is 2.00. The summed E-state index contributed by atoms with van der Waals surface area (Å²) in [6.07, 6.45) is 0. The Morgan fingerprint density at radius 1 is 0.900 bits per heavy atom. The summed E-state index contributed by atoms with van der Waals surface area (Å²) in [5.74, 6) is -2.02. The van der Waals surface area contributed by atoms with Gasteiger partial charge >= 0.3 is 11.9 Å². The van der Waals surface area contributed by atoms with Crippen molar-refractivity contribution in [3.05, 3.63) is 10.1 Å². The molecule has 1 rings (SSSR count). The summed E-state index contributed by atoms with van der Waals surface area (Å²) in [7, 11) is 0. The molecule has 0 aromatic heterocycles. The number of carboxylic acids is 2. The lowest BCUT2D eigenvalue weighted by Gasteiger charge is -2.22. The fraction of sp³-hybridized carbons (Fsp3) is 0.800. The molecule has 0 bridgehead atoms. The molecule has 1 aliphatic heterocycles. The smallest absolute Gasteiger partial charge is 0.317 e. The van der Waals surface area contributed by atoms with E-state index in [0.29, 0.717) is 13.1 Å². The van der Waals surface area contributed by atoms with Gasteiger partial charge in [-0.1, -0.05) is 0 Å². The molecule has 10 heteroatoms. The van der Waals surface area contributed by atoms with Gasteiger partial charge in [-0.2, -0.15) is 0 Å². The Morgan fingerprint density at radius 3 is 1.55 bits per heavy atom. The van der Waals surface area contributed by atoms with Gasteiger partial charge in [0.05, 0.1) is 26.2 Å². The van der Waals surface area contributed by atoms with Gasteiger partial charge < -0.3 is 10.2 Å². The number of carbonyl (C=O) groups is 2. The van der Waals surface area contributed by atoms with Crippen LogP contribution < -0.4 is 0 Å². The van der Waals surface area contributed by atoms with Crippen LogP contribution in [-0.4, -0.2) is 94.4 Å². The Morgan fingerprint density at radius 2 is 1.25 bits per heavy atom. The molecule has 1 fully saturated rings. The summed E-state index contributed by atoms with van der Waals surface area (Å²) < 4.78 is 0. The van der Waals surface area contributed by atoms with Gasteiger partial charge in [0.1, 0.15) is 0 Å². The molecule has 0 atom stereocenters. The van der Waals surface area contributed by atoms with Crippen LogP contribution in [-0.2, 0) is 9.59 Å². The Hall–Kier alpha value is -1.94. The summed E-state index contributed by atoms with van der Waals surface area (Å²) in [6, 6.07) is 0. The van der Waals surface area contributed by atoms with E-state index in [1.807, 2.05) is 0 Å². The molecule has 0 amide bonds. The summed E-state index contributed by atoms with van der Waals surface area (Å²) in [5.41, 5.74) is 0. The highest BCUT2D eigenvalue weighted by Gasteiger charge is 2.22. The van der Waals surface area contributed by atoms with Crippen LogP contribution in [0.5, 0.6) is 0 Å². The summed E-state index contributed by atoms with van der Waals surface area (Å²) in [4.78, 5) is 35.4. The molecule has 0 spiro atoms. The van der Waals surface area contributed by atoms with Gasteiger partial charge in [-0.3, -0.25) is 19.4 Å². The van der Waals surface area contributed by atoms with Crippen LogP contribution >= 0.6 is 0 Å². The second-order valence-corrected chi connectivity index (χ2v) is 4.53. The van der Waals surface area contributed by atoms with Crippen molar-refractivity contribution in [1.82, 2.24) is 14.8 Å². The molecule has 114 valence electrons. The number of nitrogens with zero attached hydrogens (tertiary/aromatic N) is 4. The van der Waals surface area contributed by atoms with Crippen LogP contribution in [0.25, 0.3) is 0 Å². The van der Waals surface area contributed by atoms with E-state index in [9.17, 15) is 19.7 Å². The molecule has 1 aliphatic rings. The number of nitro groups is 1. The van der Waals surface area contributed by atoms with E-state index >= 15 is 0 Å². The van der Waals surface area contributed by atoms with Crippen molar-refractivity contribution in [2.24, 2.45) is 0 Å². The lowest BCUT2D eigenvalue weighted by atomic mass is 10.4. The number of carboxylic acid groups (broad SMARTS) is 2. The average Bonchev–Trinajstić information content (AvgIpc) is 2.40. The van der Waals surface area contributed by atoms with E-state index in [0.717, 1.165) is 5.01 Å². The van der Waals surface area contributed by atoms with Gasteiger partial charge in [-0.15, -0.1) is 5.01 Å². The largest absolute Gasteiger partial charge is 0.480 e. The van der Waals surface area contributed by atoms with Crippen LogP contribution in [0.15, 0.2) is 0 Å². The standard InChI is InChI=1S/C10H18N4O6/c15-9(16)7-11-1-2-12(8-10(17)18)4-6-13(5-3-11)14(19)20/h1-8H2,(H,15,16)(H,17,18). The van der Waals surface area contributed by atoms with E-state index in [1.54, 1.807) is 9.80 Å². The molecule has 2 N–H and O–H groups in total. The minimum Gasteiger partial charge on any atom is -0.480 e. The normalized spacial score (nSPS) is 18.9. The van der Waals surface area contributed by atoms with Gasteiger partial charge in [-0.05, 0) is 0 Å². The second kappa shape index (κ2) is 7.60. The molecule has 0 saturated carbocycles. The van der Waals surface area contributed by atoms with Crippen molar-refractivity contribution in [3.8, 4) is 0 Å². The summed E-state index contributed by atoms with van der Waals surface area (Å²) in [6.45, 7) is 1.04. The van der Waals surface area contributed by atoms with Gasteiger partial charge in [0.15, 0.2) is 5.03 Å². The fourth-order valence-corrected chi connectivity index (χ4v) is 1.99.